The Hall–Kier alpha value is -1.85. The fraction of sp³-hybridized carbons (Fsp3) is 0.412. The second-order valence-electron chi connectivity index (χ2n) is 5.89. The van der Waals surface area contributed by atoms with Crippen LogP contribution in [0.15, 0.2) is 43.0 Å². The maximum atomic E-state index is 12.4. The number of piperidine rings is 1. The molecule has 0 aliphatic carbocycles. The molecule has 2 N–H and O–H groups in total. The maximum Gasteiger partial charge on any atom is 0.223 e. The lowest BCUT2D eigenvalue weighted by atomic mass is 9.92. The van der Waals surface area contributed by atoms with Gasteiger partial charge in [0.25, 0.3) is 0 Å². The number of carbonyl (C=O) groups is 1. The lowest BCUT2D eigenvalue weighted by molar-refractivity contribution is -0.126. The van der Waals surface area contributed by atoms with E-state index in [1.54, 1.807) is 12.5 Å². The van der Waals surface area contributed by atoms with Gasteiger partial charge in [-0.05, 0) is 37.9 Å². The van der Waals surface area contributed by atoms with Gasteiger partial charge in [-0.15, -0.1) is 12.4 Å². The molecule has 6 heteroatoms. The Morgan fingerprint density at radius 2 is 2.26 bits per heavy atom. The molecule has 0 spiro atoms. The topological polar surface area (TPSA) is 59.0 Å². The molecular weight excluding hydrogens is 312 g/mol. The van der Waals surface area contributed by atoms with Gasteiger partial charge in [0.2, 0.25) is 5.91 Å². The molecule has 1 fully saturated rings. The van der Waals surface area contributed by atoms with Crippen molar-refractivity contribution < 1.29 is 4.79 Å². The van der Waals surface area contributed by atoms with Crippen molar-refractivity contribution in [2.24, 2.45) is 5.92 Å². The van der Waals surface area contributed by atoms with Crippen LogP contribution in [0.25, 0.3) is 5.69 Å². The predicted octanol–water partition coefficient (Wildman–Crippen LogP) is 2.30. The summed E-state index contributed by atoms with van der Waals surface area (Å²) in [4.78, 5) is 16.4. The van der Waals surface area contributed by atoms with Crippen molar-refractivity contribution in [3.63, 3.8) is 0 Å². The zero-order chi connectivity index (χ0) is 15.4. The van der Waals surface area contributed by atoms with Gasteiger partial charge in [0, 0.05) is 30.9 Å². The molecule has 2 heterocycles. The average molecular weight is 335 g/mol. The Bertz CT molecular complexity index is 629. The van der Waals surface area contributed by atoms with Crippen LogP contribution in [0.3, 0.4) is 0 Å². The van der Waals surface area contributed by atoms with E-state index in [2.05, 4.69) is 22.5 Å². The summed E-state index contributed by atoms with van der Waals surface area (Å²) in [5.41, 5.74) is 2.15. The molecule has 0 unspecified atom stereocenters. The van der Waals surface area contributed by atoms with Crippen LogP contribution in [0.2, 0.25) is 0 Å². The van der Waals surface area contributed by atoms with Gasteiger partial charge >= 0.3 is 0 Å². The smallest absolute Gasteiger partial charge is 0.223 e. The number of amides is 1. The summed E-state index contributed by atoms with van der Waals surface area (Å²) in [6.07, 6.45) is 7.27. The second kappa shape index (κ2) is 8.13. The maximum absolute atomic E-state index is 12.4. The number of carbonyl (C=O) groups excluding carboxylic acids is 1. The van der Waals surface area contributed by atoms with Gasteiger partial charge in [0.1, 0.15) is 0 Å². The van der Waals surface area contributed by atoms with Crippen molar-refractivity contribution in [1.29, 1.82) is 0 Å². The van der Waals surface area contributed by atoms with E-state index in [-0.39, 0.29) is 24.2 Å². The summed E-state index contributed by atoms with van der Waals surface area (Å²) >= 11 is 0. The summed E-state index contributed by atoms with van der Waals surface area (Å²) in [6.45, 7) is 3.60. The lowest BCUT2D eigenvalue weighted by Gasteiger charge is -2.27. The Kier molecular flexibility index (Phi) is 6.19. The third-order valence-electron chi connectivity index (χ3n) is 4.22. The molecular formula is C17H23ClN4O. The Labute approximate surface area is 142 Å². The third-order valence-corrected chi connectivity index (χ3v) is 4.22. The fourth-order valence-corrected chi connectivity index (χ4v) is 3.01. The van der Waals surface area contributed by atoms with E-state index < -0.39 is 0 Å². The van der Waals surface area contributed by atoms with Crippen LogP contribution in [-0.2, 0) is 11.3 Å². The Morgan fingerprint density at radius 3 is 3.00 bits per heavy atom. The molecule has 3 rings (SSSR count). The minimum absolute atomic E-state index is 0. The minimum atomic E-state index is 0. The Balaban J connectivity index is 0.00000192. The van der Waals surface area contributed by atoms with Crippen LogP contribution in [-0.4, -0.2) is 28.0 Å². The highest BCUT2D eigenvalue weighted by Gasteiger charge is 2.24. The molecule has 0 radical (unpaired) electrons. The SMILES string of the molecule is C[C@H]1C[C@@H](C(=O)NCc2ccccc2-n2ccnc2)CCN1.Cl. The van der Waals surface area contributed by atoms with Crippen LogP contribution in [0, 0.1) is 5.92 Å². The first-order chi connectivity index (χ1) is 10.7. The van der Waals surface area contributed by atoms with E-state index in [1.165, 1.54) is 0 Å². The predicted molar refractivity (Wildman–Crippen MR) is 92.8 cm³/mol. The van der Waals surface area contributed by atoms with Crippen LogP contribution >= 0.6 is 12.4 Å². The first-order valence-corrected chi connectivity index (χ1v) is 7.81. The van der Waals surface area contributed by atoms with Crippen molar-refractivity contribution in [2.45, 2.75) is 32.4 Å². The van der Waals surface area contributed by atoms with Crippen molar-refractivity contribution >= 4 is 18.3 Å². The van der Waals surface area contributed by atoms with Gasteiger partial charge < -0.3 is 15.2 Å². The van der Waals surface area contributed by atoms with Gasteiger partial charge in [-0.1, -0.05) is 18.2 Å². The zero-order valence-corrected chi connectivity index (χ0v) is 14.1. The molecule has 1 aromatic carbocycles. The molecule has 1 aliphatic heterocycles. The normalized spacial score (nSPS) is 20.6. The van der Waals surface area contributed by atoms with E-state index in [0.717, 1.165) is 30.6 Å². The molecule has 1 aliphatic rings. The van der Waals surface area contributed by atoms with Crippen LogP contribution < -0.4 is 10.6 Å². The van der Waals surface area contributed by atoms with Gasteiger partial charge in [-0.2, -0.15) is 0 Å². The highest BCUT2D eigenvalue weighted by Crippen LogP contribution is 2.17. The summed E-state index contributed by atoms with van der Waals surface area (Å²) in [7, 11) is 0. The Morgan fingerprint density at radius 1 is 1.43 bits per heavy atom. The first kappa shape index (κ1) is 17.5. The van der Waals surface area contributed by atoms with E-state index >= 15 is 0 Å². The van der Waals surface area contributed by atoms with Gasteiger partial charge in [0.15, 0.2) is 0 Å². The average Bonchev–Trinajstić information content (AvgIpc) is 3.07. The quantitative estimate of drug-likeness (QED) is 0.902. The highest BCUT2D eigenvalue weighted by atomic mass is 35.5. The number of hydrogen-bond donors (Lipinski definition) is 2. The van der Waals surface area contributed by atoms with E-state index in [0.29, 0.717) is 12.6 Å². The number of halogens is 1. The molecule has 1 aromatic heterocycles. The fourth-order valence-electron chi connectivity index (χ4n) is 3.01. The molecule has 23 heavy (non-hydrogen) atoms. The van der Waals surface area contributed by atoms with Crippen molar-refractivity contribution in [3.8, 4) is 5.69 Å². The van der Waals surface area contributed by atoms with Gasteiger partial charge in [-0.3, -0.25) is 4.79 Å². The van der Waals surface area contributed by atoms with Gasteiger partial charge in [0.05, 0.1) is 12.0 Å². The van der Waals surface area contributed by atoms with Crippen LogP contribution in [0.4, 0.5) is 0 Å². The number of hydrogen-bond acceptors (Lipinski definition) is 3. The second-order valence-corrected chi connectivity index (χ2v) is 5.89. The van der Waals surface area contributed by atoms with Crippen molar-refractivity contribution in [3.05, 3.63) is 48.5 Å². The summed E-state index contributed by atoms with van der Waals surface area (Å²) in [6, 6.07) is 8.49. The van der Waals surface area contributed by atoms with E-state index in [4.69, 9.17) is 0 Å². The molecule has 0 bridgehead atoms. The molecule has 124 valence electrons. The van der Waals surface area contributed by atoms with Crippen molar-refractivity contribution in [2.75, 3.05) is 6.54 Å². The molecule has 2 atom stereocenters. The molecule has 5 nitrogen and oxygen atoms in total. The molecule has 1 amide bonds. The number of nitrogens with one attached hydrogen (secondary N) is 2. The first-order valence-electron chi connectivity index (χ1n) is 7.81. The minimum Gasteiger partial charge on any atom is -0.352 e. The molecule has 1 saturated heterocycles. The number of nitrogens with zero attached hydrogens (tertiary/aromatic N) is 2. The van der Waals surface area contributed by atoms with E-state index in [1.807, 2.05) is 35.0 Å². The summed E-state index contributed by atoms with van der Waals surface area (Å²) < 4.78 is 1.97. The summed E-state index contributed by atoms with van der Waals surface area (Å²) in [5.74, 6) is 0.283. The number of rotatable bonds is 4. The summed E-state index contributed by atoms with van der Waals surface area (Å²) in [5, 5.41) is 6.47. The monoisotopic (exact) mass is 334 g/mol. The van der Waals surface area contributed by atoms with Crippen LogP contribution in [0.1, 0.15) is 25.3 Å². The third kappa shape index (κ3) is 4.33. The largest absolute Gasteiger partial charge is 0.352 e. The lowest BCUT2D eigenvalue weighted by Crippen LogP contribution is -2.42. The van der Waals surface area contributed by atoms with Gasteiger partial charge in [-0.25, -0.2) is 4.98 Å². The molecule has 0 saturated carbocycles. The standard InChI is InChI=1S/C17H22N4O.ClH/c1-13-10-14(6-7-19-13)17(22)20-11-15-4-2-3-5-16(15)21-9-8-18-12-21;/h2-5,8-9,12-14,19H,6-7,10-11H2,1H3,(H,20,22);1H/t13-,14-;/m0./s1. The van der Waals surface area contributed by atoms with Crippen LogP contribution in [0.5, 0.6) is 0 Å². The highest BCUT2D eigenvalue weighted by molar-refractivity contribution is 5.85. The number of imidazole rings is 1. The number of aromatic nitrogens is 2. The number of benzene rings is 1. The number of para-hydroxylation sites is 1. The zero-order valence-electron chi connectivity index (χ0n) is 13.2. The molecule has 2 aromatic rings. The van der Waals surface area contributed by atoms with E-state index in [9.17, 15) is 4.79 Å². The van der Waals surface area contributed by atoms with Crippen molar-refractivity contribution in [1.82, 2.24) is 20.2 Å².